The van der Waals surface area contributed by atoms with E-state index in [4.69, 9.17) is 4.42 Å². The van der Waals surface area contributed by atoms with Gasteiger partial charge in [-0.25, -0.2) is 0 Å². The van der Waals surface area contributed by atoms with Crippen LogP contribution in [0.15, 0.2) is 89.4 Å². The van der Waals surface area contributed by atoms with E-state index in [1.54, 1.807) is 18.2 Å². The van der Waals surface area contributed by atoms with Crippen molar-refractivity contribution in [2.24, 2.45) is 0 Å². The Kier molecular flexibility index (Phi) is 5.84. The fourth-order valence-electron chi connectivity index (χ4n) is 7.61. The summed E-state index contributed by atoms with van der Waals surface area (Å²) in [6.07, 6.45) is 5.14. The third-order valence-corrected chi connectivity index (χ3v) is 9.98. The summed E-state index contributed by atoms with van der Waals surface area (Å²) in [5.74, 6) is -4.77. The van der Waals surface area contributed by atoms with Crippen molar-refractivity contribution in [1.29, 1.82) is 0 Å². The van der Waals surface area contributed by atoms with Gasteiger partial charge in [-0.15, -0.1) is 0 Å². The molecule has 0 spiro atoms. The average molecular weight is 649 g/mol. The minimum absolute atomic E-state index is 0.0414. The summed E-state index contributed by atoms with van der Waals surface area (Å²) in [4.78, 5) is 0. The first-order valence-corrected chi connectivity index (χ1v) is 15.8. The zero-order valence-corrected chi connectivity index (χ0v) is 26.0. The van der Waals surface area contributed by atoms with Gasteiger partial charge in [0, 0.05) is 49.5 Å². The van der Waals surface area contributed by atoms with Crippen LogP contribution in [0, 0.1) is 0 Å². The predicted molar refractivity (Wildman–Crippen MR) is 191 cm³/mol. The van der Waals surface area contributed by atoms with E-state index < -0.39 is 40.2 Å². The topological polar surface area (TPSA) is 155 Å². The highest BCUT2D eigenvalue weighted by molar-refractivity contribution is 6.29. The van der Waals surface area contributed by atoms with Gasteiger partial charge < -0.3 is 40.2 Å². The van der Waals surface area contributed by atoms with E-state index in [1.165, 1.54) is 5.56 Å². The van der Waals surface area contributed by atoms with Gasteiger partial charge in [0.15, 0.2) is 23.0 Å². The fraction of sp³-hybridized carbons (Fsp3) is 0.0732. The Hall–Kier alpha value is -6.54. The molecule has 0 bridgehead atoms. The minimum Gasteiger partial charge on any atom is -0.507 e. The maximum Gasteiger partial charge on any atom is 0.204 e. The molecular weight excluding hydrogens is 620 g/mol. The Morgan fingerprint density at radius 2 is 1.18 bits per heavy atom. The van der Waals surface area contributed by atoms with Crippen LogP contribution < -0.4 is 0 Å². The molecule has 0 radical (unpaired) electrons. The standard InChI is InChI=1S/C41H28O8/c1-18-5-4-8-21-15-30-26(16-24(18)21)25-14-23(11-12-29(25)49-30)32-34-33(27(42)17-28(43)37(34)44)31(22-10-9-19-6-2-3-7-20(19)13-22)35-36(32)39(46)41(48)40(47)38(35)45/h2-4,6-18,42-48H,5H2,1H3. The normalized spacial score (nSPS) is 14.4. The predicted octanol–water partition coefficient (Wildman–Crippen LogP) is 9.84. The molecule has 1 aliphatic carbocycles. The van der Waals surface area contributed by atoms with Crippen LogP contribution in [-0.4, -0.2) is 35.7 Å². The number of rotatable bonds is 2. The van der Waals surface area contributed by atoms with Crippen LogP contribution in [0.5, 0.6) is 40.2 Å². The molecule has 1 atom stereocenters. The van der Waals surface area contributed by atoms with Crippen LogP contribution in [-0.2, 0) is 0 Å². The van der Waals surface area contributed by atoms with Crippen LogP contribution in [0.4, 0.5) is 0 Å². The van der Waals surface area contributed by atoms with Crippen molar-refractivity contribution < 1.29 is 40.2 Å². The fourth-order valence-corrected chi connectivity index (χ4v) is 7.61. The van der Waals surface area contributed by atoms with Gasteiger partial charge in [0.1, 0.15) is 16.9 Å². The lowest BCUT2D eigenvalue weighted by molar-refractivity contribution is 0.351. The van der Waals surface area contributed by atoms with Gasteiger partial charge in [0.2, 0.25) is 11.5 Å². The number of phenolic OH excluding ortho intramolecular Hbond substituents is 7. The number of furan rings is 1. The van der Waals surface area contributed by atoms with Crippen LogP contribution in [0.2, 0.25) is 0 Å². The molecule has 1 aromatic heterocycles. The Bertz CT molecular complexity index is 2790. The highest BCUT2D eigenvalue weighted by Crippen LogP contribution is 2.60. The quantitative estimate of drug-likeness (QED) is 0.0555. The molecule has 7 N–H and O–H groups in total. The summed E-state index contributed by atoms with van der Waals surface area (Å²) in [6.45, 7) is 2.16. The average Bonchev–Trinajstić information content (AvgIpc) is 3.46. The van der Waals surface area contributed by atoms with Crippen molar-refractivity contribution in [3.63, 3.8) is 0 Å². The van der Waals surface area contributed by atoms with Crippen molar-refractivity contribution in [3.8, 4) is 62.5 Å². The van der Waals surface area contributed by atoms with Crippen molar-refractivity contribution in [3.05, 3.63) is 96.1 Å². The van der Waals surface area contributed by atoms with Crippen molar-refractivity contribution in [2.45, 2.75) is 19.3 Å². The first-order valence-electron chi connectivity index (χ1n) is 15.8. The smallest absolute Gasteiger partial charge is 0.204 e. The number of hydrogen-bond acceptors (Lipinski definition) is 8. The van der Waals surface area contributed by atoms with Gasteiger partial charge in [0.25, 0.3) is 0 Å². The first-order chi connectivity index (χ1) is 23.6. The first kappa shape index (κ1) is 28.7. The van der Waals surface area contributed by atoms with Gasteiger partial charge in [-0.1, -0.05) is 61.5 Å². The number of aromatic hydroxyl groups is 7. The maximum atomic E-state index is 11.6. The van der Waals surface area contributed by atoms with E-state index in [0.29, 0.717) is 28.2 Å². The van der Waals surface area contributed by atoms with Crippen LogP contribution in [0.1, 0.15) is 30.4 Å². The summed E-state index contributed by atoms with van der Waals surface area (Å²) in [5.41, 5.74) is 4.62. The second-order valence-corrected chi connectivity index (χ2v) is 12.8. The lowest BCUT2D eigenvalue weighted by atomic mass is 9.83. The molecule has 8 nitrogen and oxygen atoms in total. The monoisotopic (exact) mass is 648 g/mol. The zero-order chi connectivity index (χ0) is 33.9. The second kappa shape index (κ2) is 9.98. The largest absolute Gasteiger partial charge is 0.507 e. The SMILES string of the molecule is CC1CC=Cc2cc3oc4ccc(-c5c6c(O)c(O)cc(O)c6c(-c6ccc7ccccc7c6)c6c(O)c(O)c(O)c(O)c56)cc4c3cc21. The van der Waals surface area contributed by atoms with Crippen molar-refractivity contribution >= 4 is 60.3 Å². The number of phenols is 7. The molecule has 49 heavy (non-hydrogen) atoms. The highest BCUT2D eigenvalue weighted by atomic mass is 16.3. The molecule has 1 heterocycles. The summed E-state index contributed by atoms with van der Waals surface area (Å²) in [7, 11) is 0. The Balaban J connectivity index is 1.47. The molecule has 0 aliphatic heterocycles. The maximum absolute atomic E-state index is 11.6. The lowest BCUT2D eigenvalue weighted by Gasteiger charge is -2.22. The van der Waals surface area contributed by atoms with E-state index in [0.717, 1.165) is 39.6 Å². The van der Waals surface area contributed by atoms with Crippen LogP contribution in [0.3, 0.4) is 0 Å². The van der Waals surface area contributed by atoms with E-state index in [1.807, 2.05) is 48.5 Å². The number of hydrogen-bond donors (Lipinski definition) is 7. The summed E-state index contributed by atoms with van der Waals surface area (Å²) in [6, 6.07) is 23.3. The molecule has 1 unspecified atom stereocenters. The summed E-state index contributed by atoms with van der Waals surface area (Å²) in [5, 5.41) is 81.9. The van der Waals surface area contributed by atoms with Gasteiger partial charge in [-0.05, 0) is 75.7 Å². The number of fused-ring (bicyclic) bond motifs is 7. The molecule has 0 saturated carbocycles. The van der Waals surface area contributed by atoms with Gasteiger partial charge in [-0.2, -0.15) is 0 Å². The molecule has 0 amide bonds. The molecule has 0 fully saturated rings. The number of allylic oxidation sites excluding steroid dienone is 1. The molecule has 9 rings (SSSR count). The van der Waals surface area contributed by atoms with Gasteiger partial charge in [-0.3, -0.25) is 0 Å². The molecule has 0 saturated heterocycles. The molecule has 8 heteroatoms. The van der Waals surface area contributed by atoms with Gasteiger partial charge >= 0.3 is 0 Å². The number of benzene rings is 7. The molecular formula is C41H28O8. The third kappa shape index (κ3) is 3.91. The third-order valence-electron chi connectivity index (χ3n) is 9.98. The second-order valence-electron chi connectivity index (χ2n) is 12.8. The molecule has 240 valence electrons. The van der Waals surface area contributed by atoms with Crippen molar-refractivity contribution in [1.82, 2.24) is 0 Å². The zero-order valence-electron chi connectivity index (χ0n) is 26.0. The van der Waals surface area contributed by atoms with E-state index in [-0.39, 0.29) is 32.7 Å². The molecule has 1 aliphatic rings. The van der Waals surface area contributed by atoms with Gasteiger partial charge in [0.05, 0.1) is 0 Å². The van der Waals surface area contributed by atoms with E-state index in [9.17, 15) is 35.7 Å². The van der Waals surface area contributed by atoms with Crippen LogP contribution >= 0.6 is 0 Å². The van der Waals surface area contributed by atoms with Crippen LogP contribution in [0.25, 0.3) is 82.6 Å². The minimum atomic E-state index is -0.970. The summed E-state index contributed by atoms with van der Waals surface area (Å²) >= 11 is 0. The van der Waals surface area contributed by atoms with E-state index >= 15 is 0 Å². The summed E-state index contributed by atoms with van der Waals surface area (Å²) < 4.78 is 6.25. The Morgan fingerprint density at radius 1 is 0.551 bits per heavy atom. The van der Waals surface area contributed by atoms with E-state index in [2.05, 4.69) is 25.1 Å². The Labute approximate surface area is 277 Å². The van der Waals surface area contributed by atoms with Crippen molar-refractivity contribution in [2.75, 3.05) is 0 Å². The lowest BCUT2D eigenvalue weighted by Crippen LogP contribution is -1.99. The molecule has 8 aromatic rings. The Morgan fingerprint density at radius 3 is 1.94 bits per heavy atom. The highest BCUT2D eigenvalue weighted by Gasteiger charge is 2.31. The molecule has 7 aromatic carbocycles.